The molecule has 1 unspecified atom stereocenters. The summed E-state index contributed by atoms with van der Waals surface area (Å²) in [4.78, 5) is 38.4. The lowest BCUT2D eigenvalue weighted by atomic mass is 10.0. The lowest BCUT2D eigenvalue weighted by molar-refractivity contribution is -0.167. The van der Waals surface area contributed by atoms with Crippen LogP contribution in [0.25, 0.3) is 0 Å². The smallest absolute Gasteiger partial charge is 0.306 e. The molecular formula is C77H138O6. The van der Waals surface area contributed by atoms with Gasteiger partial charge in [0.05, 0.1) is 0 Å². The van der Waals surface area contributed by atoms with Crippen LogP contribution < -0.4 is 0 Å². The fourth-order valence-electron chi connectivity index (χ4n) is 10.8. The van der Waals surface area contributed by atoms with E-state index in [9.17, 15) is 14.4 Å². The van der Waals surface area contributed by atoms with Gasteiger partial charge in [-0.25, -0.2) is 0 Å². The van der Waals surface area contributed by atoms with Gasteiger partial charge in [0, 0.05) is 19.3 Å². The van der Waals surface area contributed by atoms with Crippen molar-refractivity contribution in [2.24, 2.45) is 0 Å². The molecule has 0 rings (SSSR count). The van der Waals surface area contributed by atoms with Gasteiger partial charge in [0.25, 0.3) is 0 Å². The van der Waals surface area contributed by atoms with Crippen molar-refractivity contribution in [3.63, 3.8) is 0 Å². The van der Waals surface area contributed by atoms with Crippen molar-refractivity contribution in [1.82, 2.24) is 0 Å². The van der Waals surface area contributed by atoms with Crippen LogP contribution in [-0.4, -0.2) is 37.2 Å². The molecule has 83 heavy (non-hydrogen) atoms. The molecule has 6 heteroatoms. The number of esters is 3. The topological polar surface area (TPSA) is 78.9 Å². The summed E-state index contributed by atoms with van der Waals surface area (Å²) in [6.45, 7) is 6.55. The normalized spacial score (nSPS) is 12.5. The number of hydrogen-bond acceptors (Lipinski definition) is 6. The summed E-state index contributed by atoms with van der Waals surface area (Å²) in [7, 11) is 0. The number of hydrogen-bond donors (Lipinski definition) is 0. The zero-order valence-electron chi connectivity index (χ0n) is 55.5. The molecule has 0 aliphatic rings. The number of ether oxygens (including phenoxy) is 3. The Morgan fingerprint density at radius 2 is 0.470 bits per heavy atom. The maximum atomic E-state index is 13.0. The average Bonchev–Trinajstić information content (AvgIpc) is 3.49. The van der Waals surface area contributed by atoms with Gasteiger partial charge >= 0.3 is 17.9 Å². The molecule has 0 bridgehead atoms. The summed E-state index contributed by atoms with van der Waals surface area (Å²) in [5.74, 6) is -0.878. The van der Waals surface area contributed by atoms with Crippen molar-refractivity contribution < 1.29 is 28.6 Å². The Labute approximate surface area is 516 Å². The molecule has 0 N–H and O–H groups in total. The highest BCUT2D eigenvalue weighted by Crippen LogP contribution is 2.18. The minimum Gasteiger partial charge on any atom is -0.462 e. The van der Waals surface area contributed by atoms with Crippen LogP contribution in [0.3, 0.4) is 0 Å². The molecule has 0 heterocycles. The minimum atomic E-state index is -0.786. The quantitative estimate of drug-likeness (QED) is 0.0261. The van der Waals surface area contributed by atoms with E-state index in [0.29, 0.717) is 19.3 Å². The standard InChI is InChI=1S/C77H138O6/c1-4-7-10-13-16-19-22-25-27-29-31-33-35-36-37-38-39-40-42-43-45-47-49-52-55-58-61-64-67-70-76(79)82-73-74(72-81-75(78)69-66-63-60-57-54-51-24-21-18-15-12-9-6-3)83-77(80)71-68-65-62-59-56-53-50-48-46-44-41-34-32-30-28-26-23-20-17-14-11-8-5-2/h8,11,17,20-21,24,26,28,32,34,44,46,74H,4-7,9-10,12-16,18-19,22-23,25,27,29-31,33,35-43,45,47-73H2,1-3H3/b11-8-,20-17-,24-21-,28-26-,34-32-,46-44-. The van der Waals surface area contributed by atoms with Crippen molar-refractivity contribution >= 4 is 17.9 Å². The molecule has 482 valence electrons. The molecule has 0 aromatic rings. The second-order valence-electron chi connectivity index (χ2n) is 24.5. The molecule has 6 nitrogen and oxygen atoms in total. The Morgan fingerprint density at radius 1 is 0.253 bits per heavy atom. The van der Waals surface area contributed by atoms with Gasteiger partial charge in [-0.05, 0) is 89.9 Å². The molecular weight excluding hydrogens is 1020 g/mol. The summed E-state index contributed by atoms with van der Waals surface area (Å²) in [5, 5.41) is 0. The van der Waals surface area contributed by atoms with E-state index in [0.717, 1.165) is 103 Å². The van der Waals surface area contributed by atoms with Crippen molar-refractivity contribution in [3.05, 3.63) is 72.9 Å². The Kier molecular flexibility index (Phi) is 68.6. The molecule has 0 aliphatic carbocycles. The molecule has 0 spiro atoms. The SMILES string of the molecule is CC/C=C\C/C=C\C/C=C\C/C=C\C/C=C\CCCCCCCCCC(=O)OC(COC(=O)CCCCCCC/C=C\CCCCCC)COC(=O)CCCCCCCCCCCCCCCCCCCCCCCCCCCCCCC. The highest BCUT2D eigenvalue weighted by Gasteiger charge is 2.19. The monoisotopic (exact) mass is 1160 g/mol. The van der Waals surface area contributed by atoms with Crippen LogP contribution in [-0.2, 0) is 28.6 Å². The molecule has 0 amide bonds. The lowest BCUT2D eigenvalue weighted by Gasteiger charge is -2.18. The van der Waals surface area contributed by atoms with Crippen LogP contribution in [0.5, 0.6) is 0 Å². The predicted molar refractivity (Wildman–Crippen MR) is 362 cm³/mol. The first-order valence-corrected chi connectivity index (χ1v) is 36.4. The number of allylic oxidation sites excluding steroid dienone is 12. The number of carbonyl (C=O) groups excluding carboxylic acids is 3. The third-order valence-corrected chi connectivity index (χ3v) is 16.2. The van der Waals surface area contributed by atoms with Gasteiger partial charge in [-0.1, -0.05) is 344 Å². The van der Waals surface area contributed by atoms with E-state index in [-0.39, 0.29) is 31.1 Å². The maximum absolute atomic E-state index is 13.0. The predicted octanol–water partition coefficient (Wildman–Crippen LogP) is 25.2. The molecule has 0 saturated heterocycles. The molecule has 0 saturated carbocycles. The fourth-order valence-corrected chi connectivity index (χ4v) is 10.8. The van der Waals surface area contributed by atoms with Crippen LogP contribution in [0.4, 0.5) is 0 Å². The molecule has 0 aromatic heterocycles. The first-order valence-electron chi connectivity index (χ1n) is 36.4. The summed E-state index contributed by atoms with van der Waals surface area (Å²) in [5.41, 5.74) is 0. The van der Waals surface area contributed by atoms with Crippen LogP contribution in [0.1, 0.15) is 380 Å². The molecule has 0 aliphatic heterocycles. The second-order valence-corrected chi connectivity index (χ2v) is 24.5. The van der Waals surface area contributed by atoms with Crippen molar-refractivity contribution in [1.29, 1.82) is 0 Å². The van der Waals surface area contributed by atoms with Crippen LogP contribution in [0.2, 0.25) is 0 Å². The van der Waals surface area contributed by atoms with Crippen molar-refractivity contribution in [3.8, 4) is 0 Å². The van der Waals surface area contributed by atoms with Gasteiger partial charge in [-0.15, -0.1) is 0 Å². The van der Waals surface area contributed by atoms with Crippen molar-refractivity contribution in [2.45, 2.75) is 386 Å². The van der Waals surface area contributed by atoms with Crippen LogP contribution >= 0.6 is 0 Å². The molecule has 1 atom stereocenters. The first-order chi connectivity index (χ1) is 41.0. The van der Waals surface area contributed by atoms with Gasteiger partial charge in [0.1, 0.15) is 13.2 Å². The van der Waals surface area contributed by atoms with Crippen LogP contribution in [0.15, 0.2) is 72.9 Å². The highest BCUT2D eigenvalue weighted by atomic mass is 16.6. The molecule has 0 radical (unpaired) electrons. The summed E-state index contributed by atoms with van der Waals surface area (Å²) in [6, 6.07) is 0. The van der Waals surface area contributed by atoms with Gasteiger partial charge in [-0.3, -0.25) is 14.4 Å². The number of unbranched alkanes of at least 4 members (excludes halogenated alkanes) is 44. The van der Waals surface area contributed by atoms with Gasteiger partial charge in [-0.2, -0.15) is 0 Å². The van der Waals surface area contributed by atoms with E-state index >= 15 is 0 Å². The Balaban J connectivity index is 4.23. The zero-order valence-corrected chi connectivity index (χ0v) is 55.5. The zero-order chi connectivity index (χ0) is 59.9. The molecule has 0 aromatic carbocycles. The van der Waals surface area contributed by atoms with Gasteiger partial charge < -0.3 is 14.2 Å². The molecule has 0 fully saturated rings. The number of carbonyl (C=O) groups is 3. The largest absolute Gasteiger partial charge is 0.462 e. The minimum absolute atomic E-state index is 0.0791. The Morgan fingerprint density at radius 3 is 0.759 bits per heavy atom. The van der Waals surface area contributed by atoms with Crippen molar-refractivity contribution in [2.75, 3.05) is 13.2 Å². The summed E-state index contributed by atoms with van der Waals surface area (Å²) >= 11 is 0. The fraction of sp³-hybridized carbons (Fsp3) is 0.805. The highest BCUT2D eigenvalue weighted by molar-refractivity contribution is 5.71. The lowest BCUT2D eigenvalue weighted by Crippen LogP contribution is -2.30. The summed E-state index contributed by atoms with van der Waals surface area (Å²) in [6.07, 6.45) is 93.7. The van der Waals surface area contributed by atoms with E-state index in [2.05, 4.69) is 93.7 Å². The van der Waals surface area contributed by atoms with E-state index < -0.39 is 6.10 Å². The Hall–Kier alpha value is -3.15. The second kappa shape index (κ2) is 71.3. The maximum Gasteiger partial charge on any atom is 0.306 e. The summed E-state index contributed by atoms with van der Waals surface area (Å²) < 4.78 is 17.0. The van der Waals surface area contributed by atoms with E-state index in [1.165, 1.54) is 238 Å². The third kappa shape index (κ3) is 69.5. The first kappa shape index (κ1) is 79.8. The Bertz CT molecular complexity index is 1520. The third-order valence-electron chi connectivity index (χ3n) is 16.2. The average molecular weight is 1160 g/mol. The number of rotatable bonds is 67. The van der Waals surface area contributed by atoms with E-state index in [4.69, 9.17) is 14.2 Å². The van der Waals surface area contributed by atoms with Gasteiger partial charge in [0.15, 0.2) is 6.10 Å². The van der Waals surface area contributed by atoms with Crippen LogP contribution in [0, 0.1) is 0 Å². The van der Waals surface area contributed by atoms with E-state index in [1.54, 1.807) is 0 Å². The van der Waals surface area contributed by atoms with Gasteiger partial charge in [0.2, 0.25) is 0 Å². The van der Waals surface area contributed by atoms with E-state index in [1.807, 2.05) is 0 Å².